The number of fused-ring (bicyclic) bond motifs is 5. The van der Waals surface area contributed by atoms with Crippen molar-refractivity contribution < 1.29 is 44.5 Å². The first-order valence-corrected chi connectivity index (χ1v) is 14.6. The molecule has 10 nitrogen and oxygen atoms in total. The van der Waals surface area contributed by atoms with Gasteiger partial charge < -0.3 is 44.5 Å². The molecule has 222 valence electrons. The highest BCUT2D eigenvalue weighted by Gasteiger charge is 2.70. The summed E-state index contributed by atoms with van der Waals surface area (Å²) in [6, 6.07) is 3.16. The van der Waals surface area contributed by atoms with Crippen LogP contribution in [0.1, 0.15) is 70.3 Å². The van der Waals surface area contributed by atoms with Gasteiger partial charge in [-0.3, -0.25) is 0 Å². The van der Waals surface area contributed by atoms with E-state index in [1.165, 1.54) is 17.9 Å². The Hall–Kier alpha value is -1.63. The van der Waals surface area contributed by atoms with E-state index in [1.807, 2.05) is 6.92 Å². The third-order valence-corrected chi connectivity index (χ3v) is 11.6. The second-order valence-corrected chi connectivity index (χ2v) is 13.2. The van der Waals surface area contributed by atoms with E-state index in [1.54, 1.807) is 6.07 Å². The third kappa shape index (κ3) is 4.02. The van der Waals surface area contributed by atoms with Gasteiger partial charge in [-0.05, 0) is 79.7 Å². The molecule has 1 aromatic heterocycles. The highest BCUT2D eigenvalue weighted by molar-refractivity contribution is 5.32. The zero-order valence-corrected chi connectivity index (χ0v) is 23.1. The lowest BCUT2D eigenvalue weighted by Gasteiger charge is -2.63. The van der Waals surface area contributed by atoms with Crippen molar-refractivity contribution >= 4 is 0 Å². The zero-order valence-electron chi connectivity index (χ0n) is 23.1. The molecular weight excluding hydrogens is 520 g/mol. The molecule has 4 aliphatic carbocycles. The summed E-state index contributed by atoms with van der Waals surface area (Å²) >= 11 is 0. The molecule has 10 heteroatoms. The molecule has 0 aromatic carbocycles. The lowest BCUT2D eigenvalue weighted by Crippen LogP contribution is -2.65. The summed E-state index contributed by atoms with van der Waals surface area (Å²) in [6.45, 7) is 3.70. The van der Waals surface area contributed by atoms with Crippen LogP contribution in [0.4, 0.5) is 0 Å². The summed E-state index contributed by atoms with van der Waals surface area (Å²) in [4.78, 5) is 11.6. The largest absolute Gasteiger partial charge is 0.431 e. The van der Waals surface area contributed by atoms with Gasteiger partial charge in [-0.1, -0.05) is 25.5 Å². The molecule has 4 fully saturated rings. The molecule has 3 saturated carbocycles. The second-order valence-electron chi connectivity index (χ2n) is 13.2. The smallest absolute Gasteiger partial charge is 0.335 e. The van der Waals surface area contributed by atoms with Crippen LogP contribution in [0, 0.1) is 22.7 Å². The molecule has 2 heterocycles. The van der Waals surface area contributed by atoms with E-state index in [0.29, 0.717) is 25.7 Å². The van der Waals surface area contributed by atoms with Gasteiger partial charge in [0.2, 0.25) is 0 Å². The van der Waals surface area contributed by atoms with Crippen molar-refractivity contribution in [3.63, 3.8) is 0 Å². The summed E-state index contributed by atoms with van der Waals surface area (Å²) < 4.78 is 16.8. The number of allylic oxidation sites excluding steroid dienone is 1. The maximum absolute atomic E-state index is 12.4. The normalized spacial score (nSPS) is 50.5. The molecule has 6 rings (SSSR count). The van der Waals surface area contributed by atoms with Crippen LogP contribution in [0.15, 0.2) is 39.3 Å². The Kier molecular flexibility index (Phi) is 7.11. The number of hydrogen-bond acceptors (Lipinski definition) is 10. The topological polar surface area (TPSA) is 170 Å². The Bertz CT molecular complexity index is 1180. The molecule has 0 bridgehead atoms. The molecule has 0 unspecified atom stereocenters. The molecule has 0 amide bonds. The molecular formula is C30H42O10. The molecule has 0 radical (unpaired) electrons. The van der Waals surface area contributed by atoms with E-state index in [4.69, 9.17) is 13.9 Å². The van der Waals surface area contributed by atoms with Crippen molar-refractivity contribution in [3.05, 3.63) is 46.0 Å². The standard InChI is InChI=1S/C30H42O10/c1-28-9-7-17(39-27-26(36)25(35)24(34)21(13-31)40-27)11-16(28)4-5-19-20(28)12-22(32)29(2)18(8-10-30(19,29)37)15-3-6-23(33)38-14-15/h3,6,11,14,17-22,24-27,31-32,34-37H,4-5,7-10,12-13H2,1-2H3/t17-,18+,19+,20-,21+,22+,24+,25-,26+,27+,28-,29-,30-/m0/s1. The van der Waals surface area contributed by atoms with Gasteiger partial charge >= 0.3 is 5.63 Å². The summed E-state index contributed by atoms with van der Waals surface area (Å²) in [5.41, 5.74) is -0.452. The van der Waals surface area contributed by atoms with Crippen molar-refractivity contribution in [2.24, 2.45) is 22.7 Å². The average Bonchev–Trinajstić information content (AvgIpc) is 3.22. The number of ether oxygens (including phenoxy) is 2. The molecule has 0 spiro atoms. The van der Waals surface area contributed by atoms with E-state index in [-0.39, 0.29) is 29.3 Å². The van der Waals surface area contributed by atoms with Crippen molar-refractivity contribution in [1.82, 2.24) is 0 Å². The first-order chi connectivity index (χ1) is 18.9. The van der Waals surface area contributed by atoms with E-state index in [0.717, 1.165) is 24.8 Å². The summed E-state index contributed by atoms with van der Waals surface area (Å²) in [6.07, 6.45) is 0.582. The molecule has 6 N–H and O–H groups in total. The predicted molar refractivity (Wildman–Crippen MR) is 141 cm³/mol. The molecule has 1 aromatic rings. The Labute approximate surface area is 233 Å². The maximum atomic E-state index is 12.4. The Morgan fingerprint density at radius 2 is 1.77 bits per heavy atom. The fourth-order valence-electron chi connectivity index (χ4n) is 9.21. The molecule has 1 saturated heterocycles. The zero-order chi connectivity index (χ0) is 28.6. The number of hydrogen-bond donors (Lipinski definition) is 6. The maximum Gasteiger partial charge on any atom is 0.335 e. The van der Waals surface area contributed by atoms with E-state index >= 15 is 0 Å². The fraction of sp³-hybridized carbons (Fsp3) is 0.767. The van der Waals surface area contributed by atoms with Gasteiger partial charge in [0.1, 0.15) is 24.4 Å². The Morgan fingerprint density at radius 3 is 2.48 bits per heavy atom. The van der Waals surface area contributed by atoms with Crippen LogP contribution in [-0.2, 0) is 9.47 Å². The van der Waals surface area contributed by atoms with E-state index < -0.39 is 60.1 Å². The van der Waals surface area contributed by atoms with Crippen molar-refractivity contribution in [2.45, 2.75) is 113 Å². The van der Waals surface area contributed by atoms with Gasteiger partial charge in [-0.15, -0.1) is 0 Å². The highest BCUT2D eigenvalue weighted by atomic mass is 16.7. The SMILES string of the molecule is C[C@]12[C@H](O)C[C@H]3[C@@H](CCC4=C[C@@H](O[C@@H]5O[C@H](CO)[C@@H](O)[C@H](O)[C@H]5O)CC[C@@]43C)[C@@]1(O)CC[C@@H]2c1ccc(=O)oc1. The van der Waals surface area contributed by atoms with Crippen LogP contribution in [-0.4, -0.2) is 85.8 Å². The van der Waals surface area contributed by atoms with E-state index in [2.05, 4.69) is 13.0 Å². The molecule has 5 aliphatic rings. The van der Waals surface area contributed by atoms with Crippen LogP contribution >= 0.6 is 0 Å². The van der Waals surface area contributed by atoms with Gasteiger partial charge in [0.05, 0.1) is 30.7 Å². The van der Waals surface area contributed by atoms with Crippen molar-refractivity contribution in [2.75, 3.05) is 6.61 Å². The fourth-order valence-corrected chi connectivity index (χ4v) is 9.21. The van der Waals surface area contributed by atoms with Gasteiger partial charge in [-0.2, -0.15) is 0 Å². The molecule has 13 atom stereocenters. The number of aliphatic hydroxyl groups excluding tert-OH is 5. The van der Waals surface area contributed by atoms with Crippen molar-refractivity contribution in [3.8, 4) is 0 Å². The monoisotopic (exact) mass is 562 g/mol. The lowest BCUT2D eigenvalue weighted by molar-refractivity contribution is -0.308. The summed E-state index contributed by atoms with van der Waals surface area (Å²) in [5, 5.41) is 64.3. The minimum atomic E-state index is -1.49. The van der Waals surface area contributed by atoms with Crippen molar-refractivity contribution in [1.29, 1.82) is 0 Å². The first-order valence-electron chi connectivity index (χ1n) is 14.6. The van der Waals surface area contributed by atoms with Gasteiger partial charge in [0.15, 0.2) is 6.29 Å². The third-order valence-electron chi connectivity index (χ3n) is 11.6. The predicted octanol–water partition coefficient (Wildman–Crippen LogP) is 0.957. The summed E-state index contributed by atoms with van der Waals surface area (Å²) in [7, 11) is 0. The van der Waals surface area contributed by atoms with Crippen LogP contribution in [0.25, 0.3) is 0 Å². The molecule has 1 aliphatic heterocycles. The van der Waals surface area contributed by atoms with Crippen LogP contribution in [0.3, 0.4) is 0 Å². The van der Waals surface area contributed by atoms with E-state index in [9.17, 15) is 35.4 Å². The lowest BCUT2D eigenvalue weighted by atomic mass is 9.44. The minimum absolute atomic E-state index is 0.00619. The summed E-state index contributed by atoms with van der Waals surface area (Å²) in [5.74, 6) is -0.0434. The van der Waals surface area contributed by atoms with Crippen LogP contribution in [0.2, 0.25) is 0 Å². The second kappa shape index (κ2) is 9.98. The quantitative estimate of drug-likeness (QED) is 0.291. The number of rotatable bonds is 4. The Balaban J connectivity index is 1.23. The average molecular weight is 563 g/mol. The van der Waals surface area contributed by atoms with Gasteiger partial charge in [0.25, 0.3) is 0 Å². The van der Waals surface area contributed by atoms with Crippen LogP contribution in [0.5, 0.6) is 0 Å². The van der Waals surface area contributed by atoms with Crippen LogP contribution < -0.4 is 5.63 Å². The highest BCUT2D eigenvalue weighted by Crippen LogP contribution is 2.70. The number of aliphatic hydroxyl groups is 6. The van der Waals surface area contributed by atoms with Gasteiger partial charge in [0, 0.05) is 11.5 Å². The Morgan fingerprint density at radius 1 is 1.00 bits per heavy atom. The minimum Gasteiger partial charge on any atom is -0.431 e. The first kappa shape index (κ1) is 28.5. The molecule has 40 heavy (non-hydrogen) atoms. The van der Waals surface area contributed by atoms with Gasteiger partial charge in [-0.25, -0.2) is 4.79 Å².